The maximum atomic E-state index is 12.1. The fourth-order valence-electron chi connectivity index (χ4n) is 3.17. The molecule has 3 heteroatoms. The largest absolute Gasteiger partial charge is 0.356 e. The minimum atomic E-state index is 0.115. The molecule has 1 amide bonds. The van der Waals surface area contributed by atoms with E-state index >= 15 is 0 Å². The maximum absolute atomic E-state index is 12.1. The second kappa shape index (κ2) is 7.44. The number of nitrogens with two attached hydrogens (primary N) is 1. The molecule has 0 bridgehead atoms. The highest BCUT2D eigenvalue weighted by molar-refractivity contribution is 5.78. The number of hydrogen-bond acceptors (Lipinski definition) is 2. The standard InChI is InChI=1S/C17H26N2O/c1-13-5-4-6-14(9-13)12-19-17(20)10-15-7-2-3-8-16(15)11-18/h2-3,7-8,13-14H,4-6,9-12,18H2,1H3,(H,19,20). The van der Waals surface area contributed by atoms with E-state index in [4.69, 9.17) is 5.73 Å². The molecule has 1 fully saturated rings. The number of hydrogen-bond donors (Lipinski definition) is 2. The summed E-state index contributed by atoms with van der Waals surface area (Å²) >= 11 is 0. The van der Waals surface area contributed by atoms with E-state index < -0.39 is 0 Å². The lowest BCUT2D eigenvalue weighted by Gasteiger charge is -2.26. The normalized spacial score (nSPS) is 22.5. The van der Waals surface area contributed by atoms with Gasteiger partial charge in [0, 0.05) is 13.1 Å². The van der Waals surface area contributed by atoms with E-state index in [0.29, 0.717) is 18.9 Å². The van der Waals surface area contributed by atoms with Crippen molar-refractivity contribution in [1.29, 1.82) is 0 Å². The highest BCUT2D eigenvalue weighted by Crippen LogP contribution is 2.27. The van der Waals surface area contributed by atoms with Crippen molar-refractivity contribution in [2.45, 2.75) is 45.6 Å². The van der Waals surface area contributed by atoms with Crippen molar-refractivity contribution in [2.24, 2.45) is 17.6 Å². The third-order valence-corrected chi connectivity index (χ3v) is 4.32. The third kappa shape index (κ3) is 4.34. The van der Waals surface area contributed by atoms with Crippen molar-refractivity contribution in [3.05, 3.63) is 35.4 Å². The smallest absolute Gasteiger partial charge is 0.224 e. The molecule has 0 heterocycles. The zero-order chi connectivity index (χ0) is 14.4. The van der Waals surface area contributed by atoms with Crippen molar-refractivity contribution in [1.82, 2.24) is 5.32 Å². The quantitative estimate of drug-likeness (QED) is 0.867. The molecule has 1 aliphatic carbocycles. The van der Waals surface area contributed by atoms with E-state index in [1.54, 1.807) is 0 Å². The number of carbonyl (C=O) groups excluding carboxylic acids is 1. The predicted octanol–water partition coefficient (Wildman–Crippen LogP) is 2.63. The molecule has 0 aromatic heterocycles. The summed E-state index contributed by atoms with van der Waals surface area (Å²) in [5, 5.41) is 3.09. The average Bonchev–Trinajstić information content (AvgIpc) is 2.46. The van der Waals surface area contributed by atoms with Gasteiger partial charge in [-0.05, 0) is 35.8 Å². The Bertz CT molecular complexity index is 444. The van der Waals surface area contributed by atoms with Gasteiger partial charge in [-0.1, -0.05) is 44.0 Å². The summed E-state index contributed by atoms with van der Waals surface area (Å²) in [5.74, 6) is 1.58. The van der Waals surface area contributed by atoms with Crippen molar-refractivity contribution < 1.29 is 4.79 Å². The summed E-state index contributed by atoms with van der Waals surface area (Å²) in [5.41, 5.74) is 7.81. The molecule has 1 aliphatic rings. The van der Waals surface area contributed by atoms with Crippen LogP contribution in [0.1, 0.15) is 43.7 Å². The molecular weight excluding hydrogens is 248 g/mol. The zero-order valence-electron chi connectivity index (χ0n) is 12.4. The van der Waals surface area contributed by atoms with Crippen LogP contribution in [0.2, 0.25) is 0 Å². The predicted molar refractivity (Wildman–Crippen MR) is 82.2 cm³/mol. The molecular formula is C17H26N2O. The van der Waals surface area contributed by atoms with Gasteiger partial charge in [-0.2, -0.15) is 0 Å². The molecule has 0 aliphatic heterocycles. The Kier molecular flexibility index (Phi) is 5.60. The molecule has 2 atom stereocenters. The Labute approximate surface area is 121 Å². The number of benzene rings is 1. The Morgan fingerprint density at radius 1 is 1.30 bits per heavy atom. The topological polar surface area (TPSA) is 55.1 Å². The molecule has 2 rings (SSSR count). The summed E-state index contributed by atoms with van der Waals surface area (Å²) < 4.78 is 0. The van der Waals surface area contributed by atoms with Crippen LogP contribution in [0.25, 0.3) is 0 Å². The van der Waals surface area contributed by atoms with Crippen LogP contribution in [0, 0.1) is 11.8 Å². The van der Waals surface area contributed by atoms with Gasteiger partial charge in [0.15, 0.2) is 0 Å². The van der Waals surface area contributed by atoms with Crippen LogP contribution in [0.4, 0.5) is 0 Å². The molecule has 3 nitrogen and oxygen atoms in total. The van der Waals surface area contributed by atoms with Gasteiger partial charge >= 0.3 is 0 Å². The molecule has 0 saturated heterocycles. The molecule has 3 N–H and O–H groups in total. The van der Waals surface area contributed by atoms with Gasteiger partial charge in [-0.3, -0.25) is 4.79 Å². The first-order valence-corrected chi connectivity index (χ1v) is 7.72. The van der Waals surface area contributed by atoms with Crippen molar-refractivity contribution in [3.63, 3.8) is 0 Å². The highest BCUT2D eigenvalue weighted by Gasteiger charge is 2.19. The van der Waals surface area contributed by atoms with E-state index in [1.807, 2.05) is 24.3 Å². The van der Waals surface area contributed by atoms with Crippen LogP contribution in [0.3, 0.4) is 0 Å². The van der Waals surface area contributed by atoms with Crippen LogP contribution in [-0.4, -0.2) is 12.5 Å². The van der Waals surface area contributed by atoms with Crippen LogP contribution in [0.5, 0.6) is 0 Å². The molecule has 2 unspecified atom stereocenters. The fourth-order valence-corrected chi connectivity index (χ4v) is 3.17. The van der Waals surface area contributed by atoms with Gasteiger partial charge < -0.3 is 11.1 Å². The molecule has 1 aromatic carbocycles. The second-order valence-electron chi connectivity index (χ2n) is 6.09. The monoisotopic (exact) mass is 274 g/mol. The molecule has 0 radical (unpaired) electrons. The minimum absolute atomic E-state index is 0.115. The fraction of sp³-hybridized carbons (Fsp3) is 0.588. The summed E-state index contributed by atoms with van der Waals surface area (Å²) in [7, 11) is 0. The average molecular weight is 274 g/mol. The number of rotatable bonds is 5. The van der Waals surface area contributed by atoms with E-state index in [9.17, 15) is 4.79 Å². The summed E-state index contributed by atoms with van der Waals surface area (Å²) in [6.45, 7) is 3.63. The van der Waals surface area contributed by atoms with Gasteiger partial charge in [0.05, 0.1) is 6.42 Å². The lowest BCUT2D eigenvalue weighted by molar-refractivity contribution is -0.120. The van der Waals surface area contributed by atoms with E-state index in [-0.39, 0.29) is 5.91 Å². The van der Waals surface area contributed by atoms with Gasteiger partial charge in [0.1, 0.15) is 0 Å². The zero-order valence-corrected chi connectivity index (χ0v) is 12.4. The van der Waals surface area contributed by atoms with E-state index in [0.717, 1.165) is 23.6 Å². The molecule has 1 saturated carbocycles. The van der Waals surface area contributed by atoms with Crippen LogP contribution < -0.4 is 11.1 Å². The van der Waals surface area contributed by atoms with Crippen LogP contribution in [-0.2, 0) is 17.8 Å². The molecule has 20 heavy (non-hydrogen) atoms. The van der Waals surface area contributed by atoms with Gasteiger partial charge in [-0.25, -0.2) is 0 Å². The summed E-state index contributed by atoms with van der Waals surface area (Å²) in [4.78, 5) is 12.1. The van der Waals surface area contributed by atoms with Crippen molar-refractivity contribution in [2.75, 3.05) is 6.54 Å². The van der Waals surface area contributed by atoms with Gasteiger partial charge in [-0.15, -0.1) is 0 Å². The van der Waals surface area contributed by atoms with E-state index in [2.05, 4.69) is 12.2 Å². The lowest BCUT2D eigenvalue weighted by atomic mass is 9.82. The second-order valence-corrected chi connectivity index (χ2v) is 6.09. The van der Waals surface area contributed by atoms with Crippen LogP contribution in [0.15, 0.2) is 24.3 Å². The Hall–Kier alpha value is -1.35. The maximum Gasteiger partial charge on any atom is 0.224 e. The highest BCUT2D eigenvalue weighted by atomic mass is 16.1. The first-order valence-electron chi connectivity index (χ1n) is 7.72. The Balaban J connectivity index is 1.80. The minimum Gasteiger partial charge on any atom is -0.356 e. The van der Waals surface area contributed by atoms with Gasteiger partial charge in [0.25, 0.3) is 0 Å². The summed E-state index contributed by atoms with van der Waals surface area (Å²) in [6.07, 6.45) is 5.59. The number of amides is 1. The third-order valence-electron chi connectivity index (χ3n) is 4.32. The first kappa shape index (κ1) is 15.0. The molecule has 1 aromatic rings. The lowest BCUT2D eigenvalue weighted by Crippen LogP contribution is -2.32. The number of nitrogens with one attached hydrogen (secondary N) is 1. The van der Waals surface area contributed by atoms with E-state index in [1.165, 1.54) is 25.7 Å². The SMILES string of the molecule is CC1CCCC(CNC(=O)Cc2ccccc2CN)C1. The Morgan fingerprint density at radius 2 is 2.05 bits per heavy atom. The Morgan fingerprint density at radius 3 is 2.75 bits per heavy atom. The first-order chi connectivity index (χ1) is 9.69. The molecule has 0 spiro atoms. The van der Waals surface area contributed by atoms with Crippen LogP contribution >= 0.6 is 0 Å². The van der Waals surface area contributed by atoms with Crippen molar-refractivity contribution >= 4 is 5.91 Å². The number of carbonyl (C=O) groups is 1. The van der Waals surface area contributed by atoms with Gasteiger partial charge in [0.2, 0.25) is 5.91 Å². The summed E-state index contributed by atoms with van der Waals surface area (Å²) in [6, 6.07) is 7.91. The molecule has 110 valence electrons. The van der Waals surface area contributed by atoms with Crippen molar-refractivity contribution in [3.8, 4) is 0 Å².